The smallest absolute Gasteiger partial charge is 0.412 e. The van der Waals surface area contributed by atoms with Crippen LogP contribution in [-0.2, 0) is 4.74 Å². The number of imidazole rings is 1. The van der Waals surface area contributed by atoms with E-state index in [1.54, 1.807) is 45.2 Å². The molecule has 2 rings (SSSR count). The van der Waals surface area contributed by atoms with Crippen LogP contribution in [0, 0.1) is 0 Å². The highest BCUT2D eigenvalue weighted by atomic mass is 35.5. The number of aromatic amines is 1. The monoisotopic (exact) mass is 308 g/mol. The van der Waals surface area contributed by atoms with Crippen LogP contribution in [0.5, 0.6) is 0 Å². The Hall–Kier alpha value is -2.21. The van der Waals surface area contributed by atoms with Crippen molar-refractivity contribution < 1.29 is 9.53 Å². The summed E-state index contributed by atoms with van der Waals surface area (Å²) in [5.74, 6) is 0.285. The number of benzene rings is 1. The lowest BCUT2D eigenvalue weighted by molar-refractivity contribution is 0.0636. The number of nitrogens with two attached hydrogens (primary N) is 1. The molecule has 7 heteroatoms. The van der Waals surface area contributed by atoms with Crippen LogP contribution in [0.3, 0.4) is 0 Å². The molecule has 0 bridgehead atoms. The van der Waals surface area contributed by atoms with E-state index in [9.17, 15) is 4.79 Å². The van der Waals surface area contributed by atoms with Crippen LogP contribution in [0.15, 0.2) is 24.4 Å². The van der Waals surface area contributed by atoms with Gasteiger partial charge in [0.15, 0.2) is 5.95 Å². The molecule has 0 saturated heterocycles. The van der Waals surface area contributed by atoms with Crippen LogP contribution >= 0.6 is 11.6 Å². The lowest BCUT2D eigenvalue weighted by atomic mass is 10.1. The standard InChI is InChI=1S/C14H17ClN4O2/c1-14(2,3)21-13(20)19-10-5-4-8(15)6-9(10)11-7-17-12(16)18-11/h4-7H,1-3H3,(H,19,20)(H3,16,17,18). The molecular formula is C14H17ClN4O2. The molecule has 0 fully saturated rings. The second-order valence-electron chi connectivity index (χ2n) is 5.50. The van der Waals surface area contributed by atoms with Gasteiger partial charge < -0.3 is 15.5 Å². The molecule has 0 aliphatic rings. The Bertz CT molecular complexity index is 661. The van der Waals surface area contributed by atoms with Gasteiger partial charge in [-0.15, -0.1) is 0 Å². The Kier molecular flexibility index (Phi) is 4.09. The zero-order valence-corrected chi connectivity index (χ0v) is 12.8. The molecule has 6 nitrogen and oxygen atoms in total. The SMILES string of the molecule is CC(C)(C)OC(=O)Nc1ccc(Cl)cc1-c1cnc(N)[nH]1. The summed E-state index contributed by atoms with van der Waals surface area (Å²) in [6.07, 6.45) is 1.03. The number of nitrogen functional groups attached to an aromatic ring is 1. The minimum absolute atomic E-state index is 0.285. The molecule has 0 unspecified atom stereocenters. The summed E-state index contributed by atoms with van der Waals surface area (Å²) in [6.45, 7) is 5.39. The summed E-state index contributed by atoms with van der Waals surface area (Å²) in [6, 6.07) is 5.08. The fraction of sp³-hybridized carbons (Fsp3) is 0.286. The molecule has 0 saturated carbocycles. The topological polar surface area (TPSA) is 93.0 Å². The van der Waals surface area contributed by atoms with Crippen molar-refractivity contribution in [2.24, 2.45) is 0 Å². The number of halogens is 1. The molecule has 4 N–H and O–H groups in total. The number of aromatic nitrogens is 2. The summed E-state index contributed by atoms with van der Waals surface area (Å²) in [5, 5.41) is 3.23. The number of hydrogen-bond donors (Lipinski definition) is 3. The first kappa shape index (κ1) is 15.2. The zero-order valence-electron chi connectivity index (χ0n) is 12.0. The largest absolute Gasteiger partial charge is 0.444 e. The van der Waals surface area contributed by atoms with Crippen molar-refractivity contribution in [3.8, 4) is 11.3 Å². The molecule has 21 heavy (non-hydrogen) atoms. The normalized spacial score (nSPS) is 11.2. The van der Waals surface area contributed by atoms with Gasteiger partial charge in [0.2, 0.25) is 0 Å². The van der Waals surface area contributed by atoms with Gasteiger partial charge in [-0.2, -0.15) is 0 Å². The minimum atomic E-state index is -0.574. The third-order valence-corrected chi connectivity index (χ3v) is 2.74. The summed E-state index contributed by atoms with van der Waals surface area (Å²) < 4.78 is 5.23. The van der Waals surface area contributed by atoms with Gasteiger partial charge in [0.25, 0.3) is 0 Å². The lowest BCUT2D eigenvalue weighted by Gasteiger charge is -2.20. The number of carbonyl (C=O) groups excluding carboxylic acids is 1. The van der Waals surface area contributed by atoms with Crippen LogP contribution < -0.4 is 11.1 Å². The summed E-state index contributed by atoms with van der Waals surface area (Å²) in [5.41, 5.74) is 6.89. The molecule has 0 atom stereocenters. The fourth-order valence-corrected chi connectivity index (χ4v) is 1.91. The van der Waals surface area contributed by atoms with E-state index in [-0.39, 0.29) is 5.95 Å². The van der Waals surface area contributed by atoms with Gasteiger partial charge in [0.1, 0.15) is 5.60 Å². The van der Waals surface area contributed by atoms with Crippen molar-refractivity contribution >= 4 is 29.3 Å². The van der Waals surface area contributed by atoms with E-state index in [1.165, 1.54) is 0 Å². The molecular weight excluding hydrogens is 292 g/mol. The van der Waals surface area contributed by atoms with Gasteiger partial charge in [-0.25, -0.2) is 9.78 Å². The van der Waals surface area contributed by atoms with Gasteiger partial charge in [0.05, 0.1) is 17.6 Å². The number of hydrogen-bond acceptors (Lipinski definition) is 4. The van der Waals surface area contributed by atoms with Crippen LogP contribution in [0.25, 0.3) is 11.3 Å². The fourth-order valence-electron chi connectivity index (χ4n) is 1.74. The highest BCUT2D eigenvalue weighted by molar-refractivity contribution is 6.31. The van der Waals surface area contributed by atoms with E-state index in [0.717, 1.165) is 0 Å². The van der Waals surface area contributed by atoms with Gasteiger partial charge >= 0.3 is 6.09 Å². The van der Waals surface area contributed by atoms with E-state index < -0.39 is 11.7 Å². The van der Waals surface area contributed by atoms with Crippen LogP contribution in [0.1, 0.15) is 20.8 Å². The first-order valence-electron chi connectivity index (χ1n) is 6.35. The van der Waals surface area contributed by atoms with Crippen LogP contribution in [-0.4, -0.2) is 21.7 Å². The molecule has 2 aromatic rings. The number of anilines is 2. The summed E-state index contributed by atoms with van der Waals surface area (Å²) >= 11 is 6.01. The van der Waals surface area contributed by atoms with Crippen molar-refractivity contribution in [3.63, 3.8) is 0 Å². The summed E-state index contributed by atoms with van der Waals surface area (Å²) in [7, 11) is 0. The zero-order chi connectivity index (χ0) is 15.6. The molecule has 1 heterocycles. The van der Waals surface area contributed by atoms with Crippen molar-refractivity contribution in [2.75, 3.05) is 11.1 Å². The Morgan fingerprint density at radius 3 is 2.71 bits per heavy atom. The molecule has 0 spiro atoms. The maximum absolute atomic E-state index is 11.9. The van der Waals surface area contributed by atoms with E-state index in [2.05, 4.69) is 15.3 Å². The van der Waals surface area contributed by atoms with E-state index in [4.69, 9.17) is 22.1 Å². The highest BCUT2D eigenvalue weighted by Gasteiger charge is 2.18. The number of carbonyl (C=O) groups is 1. The predicted octanol–water partition coefficient (Wildman–Crippen LogP) is 3.66. The number of rotatable bonds is 2. The molecule has 1 aromatic heterocycles. The molecule has 1 aromatic carbocycles. The van der Waals surface area contributed by atoms with E-state index >= 15 is 0 Å². The van der Waals surface area contributed by atoms with Gasteiger partial charge in [-0.05, 0) is 39.0 Å². The summed E-state index contributed by atoms with van der Waals surface area (Å²) in [4.78, 5) is 18.7. The van der Waals surface area contributed by atoms with Gasteiger partial charge in [0, 0.05) is 10.6 Å². The quantitative estimate of drug-likeness (QED) is 0.789. The Morgan fingerprint density at radius 1 is 1.43 bits per heavy atom. The third-order valence-electron chi connectivity index (χ3n) is 2.50. The van der Waals surface area contributed by atoms with Gasteiger partial charge in [-0.1, -0.05) is 11.6 Å². The maximum atomic E-state index is 11.9. The van der Waals surface area contributed by atoms with Gasteiger partial charge in [-0.3, -0.25) is 5.32 Å². The average molecular weight is 309 g/mol. The number of nitrogens with one attached hydrogen (secondary N) is 2. The number of ether oxygens (including phenoxy) is 1. The van der Waals surface area contributed by atoms with Crippen molar-refractivity contribution in [3.05, 3.63) is 29.4 Å². The second-order valence-corrected chi connectivity index (χ2v) is 5.94. The van der Waals surface area contributed by atoms with E-state index in [1.807, 2.05) is 0 Å². The molecule has 1 amide bonds. The number of H-pyrrole nitrogens is 1. The highest BCUT2D eigenvalue weighted by Crippen LogP contribution is 2.30. The number of nitrogens with zero attached hydrogens (tertiary/aromatic N) is 1. The first-order valence-corrected chi connectivity index (χ1v) is 6.73. The molecule has 0 aliphatic heterocycles. The van der Waals surface area contributed by atoms with Crippen molar-refractivity contribution in [2.45, 2.75) is 26.4 Å². The Labute approximate surface area is 127 Å². The number of amides is 1. The van der Waals surface area contributed by atoms with E-state index in [0.29, 0.717) is 22.0 Å². The first-order chi connectivity index (χ1) is 9.74. The van der Waals surface area contributed by atoms with Crippen molar-refractivity contribution in [1.29, 1.82) is 0 Å². The minimum Gasteiger partial charge on any atom is -0.444 e. The predicted molar refractivity (Wildman–Crippen MR) is 83.3 cm³/mol. The average Bonchev–Trinajstić information content (AvgIpc) is 2.75. The Balaban J connectivity index is 2.30. The Morgan fingerprint density at radius 2 is 2.14 bits per heavy atom. The second kappa shape index (κ2) is 5.65. The molecule has 112 valence electrons. The van der Waals surface area contributed by atoms with Crippen LogP contribution in [0.4, 0.5) is 16.4 Å². The van der Waals surface area contributed by atoms with Crippen molar-refractivity contribution in [1.82, 2.24) is 9.97 Å². The maximum Gasteiger partial charge on any atom is 0.412 e. The third kappa shape index (κ3) is 4.13. The molecule has 0 aliphatic carbocycles. The molecule has 0 radical (unpaired) electrons. The lowest BCUT2D eigenvalue weighted by Crippen LogP contribution is -2.27. The van der Waals surface area contributed by atoms with Crippen LogP contribution in [0.2, 0.25) is 5.02 Å².